The quantitative estimate of drug-likeness (QED) is 0.832. The van der Waals surface area contributed by atoms with Crippen molar-refractivity contribution in [2.24, 2.45) is 5.73 Å². The normalized spacial score (nSPS) is 10.7. The Bertz CT molecular complexity index is 427. The van der Waals surface area contributed by atoms with Gasteiger partial charge in [-0.1, -0.05) is 13.8 Å². The van der Waals surface area contributed by atoms with Crippen LogP contribution in [0, 0.1) is 11.3 Å². The van der Waals surface area contributed by atoms with Crippen LogP contribution >= 0.6 is 0 Å². The van der Waals surface area contributed by atoms with E-state index in [-0.39, 0.29) is 5.91 Å². The van der Waals surface area contributed by atoms with Crippen molar-refractivity contribution in [2.45, 2.75) is 32.2 Å². The summed E-state index contributed by atoms with van der Waals surface area (Å²) < 4.78 is 0. The first-order valence-electron chi connectivity index (χ1n) is 5.66. The van der Waals surface area contributed by atoms with Gasteiger partial charge in [-0.15, -0.1) is 0 Å². The molecule has 0 saturated heterocycles. The molecule has 17 heavy (non-hydrogen) atoms. The number of rotatable bonds is 4. The number of carbonyl (C=O) groups excluding carboxylic acids is 1. The van der Waals surface area contributed by atoms with Crippen LogP contribution in [-0.2, 0) is 4.79 Å². The summed E-state index contributed by atoms with van der Waals surface area (Å²) in [5.74, 6) is -0.188. The highest BCUT2D eigenvalue weighted by molar-refractivity contribution is 5.97. The van der Waals surface area contributed by atoms with Gasteiger partial charge in [-0.3, -0.25) is 4.79 Å². The monoisotopic (exact) mass is 231 g/mol. The fourth-order valence-corrected chi connectivity index (χ4v) is 1.45. The predicted molar refractivity (Wildman–Crippen MR) is 67.3 cm³/mol. The zero-order chi connectivity index (χ0) is 12.9. The first-order valence-corrected chi connectivity index (χ1v) is 5.66. The minimum Gasteiger partial charge on any atom is -0.324 e. The molecule has 4 heteroatoms. The molecular weight excluding hydrogens is 214 g/mol. The van der Waals surface area contributed by atoms with E-state index < -0.39 is 5.54 Å². The molecule has 0 spiro atoms. The van der Waals surface area contributed by atoms with Gasteiger partial charge in [0.25, 0.3) is 0 Å². The van der Waals surface area contributed by atoms with E-state index in [9.17, 15) is 4.79 Å². The Hall–Kier alpha value is -1.86. The highest BCUT2D eigenvalue weighted by Gasteiger charge is 2.29. The first kappa shape index (κ1) is 13.2. The minimum absolute atomic E-state index is 0.188. The first-order chi connectivity index (χ1) is 8.05. The third-order valence-corrected chi connectivity index (χ3v) is 2.99. The van der Waals surface area contributed by atoms with Crippen molar-refractivity contribution < 1.29 is 4.79 Å². The Morgan fingerprint density at radius 3 is 2.29 bits per heavy atom. The lowest BCUT2D eigenvalue weighted by Gasteiger charge is -2.25. The lowest BCUT2D eigenvalue weighted by Crippen LogP contribution is -2.50. The molecule has 0 aromatic heterocycles. The molecule has 1 amide bonds. The van der Waals surface area contributed by atoms with Gasteiger partial charge in [-0.25, -0.2) is 0 Å². The predicted octanol–water partition coefficient (Wildman–Crippen LogP) is 2.01. The largest absolute Gasteiger partial charge is 0.324 e. The minimum atomic E-state index is -0.825. The van der Waals surface area contributed by atoms with Gasteiger partial charge >= 0.3 is 0 Å². The zero-order valence-electron chi connectivity index (χ0n) is 10.2. The van der Waals surface area contributed by atoms with Crippen molar-refractivity contribution in [3.05, 3.63) is 29.8 Å². The van der Waals surface area contributed by atoms with Gasteiger partial charge in [0.1, 0.15) is 0 Å². The van der Waals surface area contributed by atoms with Gasteiger partial charge in [0.2, 0.25) is 5.91 Å². The van der Waals surface area contributed by atoms with Crippen LogP contribution in [0.3, 0.4) is 0 Å². The maximum absolute atomic E-state index is 11.9. The summed E-state index contributed by atoms with van der Waals surface area (Å²) in [6, 6.07) is 8.73. The van der Waals surface area contributed by atoms with Crippen molar-refractivity contribution in [1.29, 1.82) is 5.26 Å². The van der Waals surface area contributed by atoms with Crippen LogP contribution in [0.15, 0.2) is 24.3 Å². The van der Waals surface area contributed by atoms with E-state index in [1.165, 1.54) is 0 Å². The Balaban J connectivity index is 2.78. The highest BCUT2D eigenvalue weighted by atomic mass is 16.2. The van der Waals surface area contributed by atoms with E-state index in [1.54, 1.807) is 24.3 Å². The molecule has 0 aliphatic heterocycles. The van der Waals surface area contributed by atoms with E-state index in [0.29, 0.717) is 24.1 Å². The number of nitrogens with one attached hydrogen (secondary N) is 1. The third kappa shape index (κ3) is 3.05. The van der Waals surface area contributed by atoms with E-state index in [4.69, 9.17) is 11.0 Å². The number of benzene rings is 1. The summed E-state index contributed by atoms with van der Waals surface area (Å²) in [5.41, 5.74) is 6.38. The number of carbonyl (C=O) groups is 1. The SMILES string of the molecule is CCC(N)(CC)C(=O)Nc1ccc(C#N)cc1. The molecule has 0 heterocycles. The second kappa shape index (κ2) is 5.46. The Morgan fingerprint density at radius 1 is 1.35 bits per heavy atom. The summed E-state index contributed by atoms with van der Waals surface area (Å²) in [5, 5.41) is 11.4. The number of amides is 1. The maximum atomic E-state index is 11.9. The zero-order valence-corrected chi connectivity index (χ0v) is 10.2. The molecule has 0 saturated carbocycles. The average molecular weight is 231 g/mol. The number of nitriles is 1. The molecule has 1 aromatic carbocycles. The van der Waals surface area contributed by atoms with E-state index in [1.807, 2.05) is 19.9 Å². The summed E-state index contributed by atoms with van der Waals surface area (Å²) >= 11 is 0. The van der Waals surface area contributed by atoms with Crippen LogP contribution in [0.4, 0.5) is 5.69 Å². The van der Waals surface area contributed by atoms with Crippen molar-refractivity contribution >= 4 is 11.6 Å². The van der Waals surface area contributed by atoms with Crippen LogP contribution in [0.5, 0.6) is 0 Å². The Labute approximate surface area is 101 Å². The van der Waals surface area contributed by atoms with Gasteiger partial charge in [0.15, 0.2) is 0 Å². The van der Waals surface area contributed by atoms with Gasteiger partial charge in [-0.2, -0.15) is 5.26 Å². The fraction of sp³-hybridized carbons (Fsp3) is 0.385. The van der Waals surface area contributed by atoms with E-state index in [0.717, 1.165) is 0 Å². The molecule has 1 rings (SSSR count). The smallest absolute Gasteiger partial charge is 0.244 e. The number of hydrogen-bond acceptors (Lipinski definition) is 3. The van der Waals surface area contributed by atoms with Crippen molar-refractivity contribution in [3.8, 4) is 6.07 Å². The Morgan fingerprint density at radius 2 is 1.88 bits per heavy atom. The van der Waals surface area contributed by atoms with Crippen LogP contribution in [0.25, 0.3) is 0 Å². The molecule has 3 N–H and O–H groups in total. The topological polar surface area (TPSA) is 78.9 Å². The van der Waals surface area contributed by atoms with Crippen molar-refractivity contribution in [3.63, 3.8) is 0 Å². The lowest BCUT2D eigenvalue weighted by atomic mass is 9.93. The van der Waals surface area contributed by atoms with Gasteiger partial charge in [-0.05, 0) is 37.1 Å². The second-order valence-electron chi connectivity index (χ2n) is 4.01. The van der Waals surface area contributed by atoms with Gasteiger partial charge in [0, 0.05) is 5.69 Å². The Kier molecular flexibility index (Phi) is 4.24. The van der Waals surface area contributed by atoms with Crippen molar-refractivity contribution in [1.82, 2.24) is 0 Å². The fourth-order valence-electron chi connectivity index (χ4n) is 1.45. The maximum Gasteiger partial charge on any atom is 0.244 e. The number of anilines is 1. The molecule has 0 bridgehead atoms. The molecule has 0 fully saturated rings. The highest BCUT2D eigenvalue weighted by Crippen LogP contribution is 2.16. The number of hydrogen-bond donors (Lipinski definition) is 2. The van der Waals surface area contributed by atoms with Gasteiger partial charge in [0.05, 0.1) is 17.2 Å². The van der Waals surface area contributed by atoms with Crippen LogP contribution in [0.1, 0.15) is 32.3 Å². The molecule has 0 radical (unpaired) electrons. The molecule has 0 atom stereocenters. The van der Waals surface area contributed by atoms with Crippen LogP contribution in [0.2, 0.25) is 0 Å². The number of nitrogens with zero attached hydrogens (tertiary/aromatic N) is 1. The summed E-state index contributed by atoms with van der Waals surface area (Å²) in [6.45, 7) is 3.78. The van der Waals surface area contributed by atoms with E-state index >= 15 is 0 Å². The average Bonchev–Trinajstić information content (AvgIpc) is 2.38. The molecule has 1 aromatic rings. The van der Waals surface area contributed by atoms with Crippen LogP contribution < -0.4 is 11.1 Å². The molecule has 4 nitrogen and oxygen atoms in total. The summed E-state index contributed by atoms with van der Waals surface area (Å²) in [6.07, 6.45) is 1.18. The van der Waals surface area contributed by atoms with Crippen LogP contribution in [-0.4, -0.2) is 11.4 Å². The molecule has 90 valence electrons. The van der Waals surface area contributed by atoms with Gasteiger partial charge < -0.3 is 11.1 Å². The second-order valence-corrected chi connectivity index (χ2v) is 4.01. The molecule has 0 aliphatic rings. The standard InChI is InChI=1S/C13H17N3O/c1-3-13(15,4-2)12(17)16-11-7-5-10(9-14)6-8-11/h5-8H,3-4,15H2,1-2H3,(H,16,17). The summed E-state index contributed by atoms with van der Waals surface area (Å²) in [4.78, 5) is 11.9. The van der Waals surface area contributed by atoms with E-state index in [2.05, 4.69) is 5.32 Å². The summed E-state index contributed by atoms with van der Waals surface area (Å²) in [7, 11) is 0. The molecular formula is C13H17N3O. The number of nitrogens with two attached hydrogens (primary N) is 1. The molecule has 0 unspecified atom stereocenters. The molecule has 0 aliphatic carbocycles. The third-order valence-electron chi connectivity index (χ3n) is 2.99. The van der Waals surface area contributed by atoms with Crippen molar-refractivity contribution in [2.75, 3.05) is 5.32 Å². The lowest BCUT2D eigenvalue weighted by molar-refractivity contribution is -0.121.